The van der Waals surface area contributed by atoms with E-state index in [0.717, 1.165) is 29.3 Å². The van der Waals surface area contributed by atoms with Crippen LogP contribution >= 0.6 is 23.4 Å². The lowest BCUT2D eigenvalue weighted by Crippen LogP contribution is -2.55. The summed E-state index contributed by atoms with van der Waals surface area (Å²) in [6.45, 7) is 1.85. The molecule has 1 saturated heterocycles. The van der Waals surface area contributed by atoms with E-state index < -0.39 is 29.0 Å². The fourth-order valence-electron chi connectivity index (χ4n) is 3.52. The van der Waals surface area contributed by atoms with Gasteiger partial charge in [0.1, 0.15) is 18.0 Å². The van der Waals surface area contributed by atoms with E-state index in [1.54, 1.807) is 12.1 Å². The van der Waals surface area contributed by atoms with Gasteiger partial charge in [-0.25, -0.2) is 0 Å². The molecular formula is C23H29ClO5S. The Kier molecular flexibility index (Phi) is 8.45. The predicted octanol–water partition coefficient (Wildman–Crippen LogP) is 3.17. The van der Waals surface area contributed by atoms with Crippen LogP contribution in [0.5, 0.6) is 5.75 Å². The molecule has 2 aromatic carbocycles. The molecule has 0 spiro atoms. The van der Waals surface area contributed by atoms with Gasteiger partial charge in [-0.3, -0.25) is 0 Å². The largest absolute Gasteiger partial charge is 0.477 e. The molecule has 5 atom stereocenters. The van der Waals surface area contributed by atoms with Gasteiger partial charge in [0.2, 0.25) is 0 Å². The summed E-state index contributed by atoms with van der Waals surface area (Å²) in [7, 11) is 0. The summed E-state index contributed by atoms with van der Waals surface area (Å²) >= 11 is 7.32. The standard InChI is InChI=1S/C23H29ClO5S/c1-2-3-4-14-5-7-15(8-6-14)11-16-12-17(24)9-10-18(16)29-23-22(28)21(27)20(26)19(13-25)30-23/h5-10,12,19-23,25-28H,2-4,11,13H2,1H3/t19-,20-,21+,22-,23-/m1/s1. The van der Waals surface area contributed by atoms with Crippen LogP contribution in [-0.2, 0) is 12.8 Å². The Labute approximate surface area is 186 Å². The van der Waals surface area contributed by atoms with Gasteiger partial charge in [0, 0.05) is 17.0 Å². The van der Waals surface area contributed by atoms with E-state index in [-0.39, 0.29) is 6.61 Å². The van der Waals surface area contributed by atoms with Crippen molar-refractivity contribution < 1.29 is 25.2 Å². The van der Waals surface area contributed by atoms with Crippen molar-refractivity contribution in [1.82, 2.24) is 0 Å². The number of rotatable bonds is 8. The van der Waals surface area contributed by atoms with E-state index >= 15 is 0 Å². The van der Waals surface area contributed by atoms with Crippen LogP contribution in [0.4, 0.5) is 0 Å². The minimum Gasteiger partial charge on any atom is -0.477 e. The van der Waals surface area contributed by atoms with Gasteiger partial charge < -0.3 is 25.2 Å². The molecular weight excluding hydrogens is 424 g/mol. The van der Waals surface area contributed by atoms with Crippen molar-refractivity contribution in [3.8, 4) is 5.75 Å². The van der Waals surface area contributed by atoms with Gasteiger partial charge in [-0.1, -0.05) is 49.2 Å². The third-order valence-electron chi connectivity index (χ3n) is 5.35. The zero-order chi connectivity index (χ0) is 21.7. The van der Waals surface area contributed by atoms with Crippen LogP contribution < -0.4 is 4.74 Å². The third kappa shape index (κ3) is 5.69. The lowest BCUT2D eigenvalue weighted by Gasteiger charge is -2.39. The van der Waals surface area contributed by atoms with Crippen molar-refractivity contribution in [2.24, 2.45) is 0 Å². The highest BCUT2D eigenvalue weighted by Gasteiger charge is 2.44. The highest BCUT2D eigenvalue weighted by molar-refractivity contribution is 8.00. The summed E-state index contributed by atoms with van der Waals surface area (Å²) in [6, 6.07) is 13.8. The molecule has 3 rings (SSSR count). The Morgan fingerprint density at radius 3 is 2.33 bits per heavy atom. The highest BCUT2D eigenvalue weighted by atomic mass is 35.5. The van der Waals surface area contributed by atoms with Gasteiger partial charge >= 0.3 is 0 Å². The summed E-state index contributed by atoms with van der Waals surface area (Å²) in [5.74, 6) is 0.547. The van der Waals surface area contributed by atoms with Crippen molar-refractivity contribution in [3.63, 3.8) is 0 Å². The molecule has 1 aliphatic heterocycles. The van der Waals surface area contributed by atoms with Gasteiger partial charge in [-0.15, -0.1) is 11.8 Å². The number of aliphatic hydroxyl groups excluding tert-OH is 4. The summed E-state index contributed by atoms with van der Waals surface area (Å²) < 4.78 is 6.03. The summed E-state index contributed by atoms with van der Waals surface area (Å²) in [5.41, 5.74) is 2.46. The fourth-order valence-corrected chi connectivity index (χ4v) is 4.94. The Bertz CT molecular complexity index is 814. The molecule has 0 aliphatic carbocycles. The molecule has 1 aliphatic rings. The molecule has 0 aromatic heterocycles. The van der Waals surface area contributed by atoms with Crippen molar-refractivity contribution in [1.29, 1.82) is 0 Å². The second kappa shape index (κ2) is 10.8. The van der Waals surface area contributed by atoms with Crippen LogP contribution in [0.1, 0.15) is 36.5 Å². The van der Waals surface area contributed by atoms with Gasteiger partial charge in [0.15, 0.2) is 5.44 Å². The predicted molar refractivity (Wildman–Crippen MR) is 120 cm³/mol. The smallest absolute Gasteiger partial charge is 0.173 e. The molecule has 30 heavy (non-hydrogen) atoms. The molecule has 164 valence electrons. The lowest BCUT2D eigenvalue weighted by atomic mass is 10.0. The maximum absolute atomic E-state index is 10.4. The Hall–Kier alpha value is -1.28. The number of aliphatic hydroxyl groups is 4. The molecule has 0 bridgehead atoms. The number of hydrogen-bond donors (Lipinski definition) is 4. The highest BCUT2D eigenvalue weighted by Crippen LogP contribution is 2.36. The average molecular weight is 453 g/mol. The van der Waals surface area contributed by atoms with Crippen LogP contribution in [0.3, 0.4) is 0 Å². The molecule has 7 heteroatoms. The van der Waals surface area contributed by atoms with Crippen LogP contribution in [0.2, 0.25) is 5.02 Å². The van der Waals surface area contributed by atoms with Crippen molar-refractivity contribution in [3.05, 3.63) is 64.2 Å². The number of benzene rings is 2. The molecule has 1 fully saturated rings. The molecule has 1 heterocycles. The average Bonchev–Trinajstić information content (AvgIpc) is 2.75. The van der Waals surface area contributed by atoms with E-state index in [0.29, 0.717) is 17.2 Å². The Morgan fingerprint density at radius 1 is 0.967 bits per heavy atom. The first kappa shape index (κ1) is 23.4. The first-order valence-corrected chi connectivity index (χ1v) is 11.6. The first-order valence-electron chi connectivity index (χ1n) is 10.3. The second-order valence-corrected chi connectivity index (χ2v) is 9.44. The number of ether oxygens (including phenoxy) is 1. The van der Waals surface area contributed by atoms with Crippen molar-refractivity contribution in [2.45, 2.75) is 61.6 Å². The van der Waals surface area contributed by atoms with Crippen LogP contribution in [-0.4, -0.2) is 56.0 Å². The second-order valence-electron chi connectivity index (χ2n) is 7.66. The molecule has 0 saturated carbocycles. The van der Waals surface area contributed by atoms with Crippen LogP contribution in [0.15, 0.2) is 42.5 Å². The van der Waals surface area contributed by atoms with E-state index in [4.69, 9.17) is 16.3 Å². The molecule has 4 N–H and O–H groups in total. The maximum Gasteiger partial charge on any atom is 0.173 e. The summed E-state index contributed by atoms with van der Waals surface area (Å²) in [5, 5.41) is 39.9. The molecule has 0 radical (unpaired) electrons. The number of unbranched alkanes of at least 4 members (excludes halogenated alkanes) is 1. The number of hydrogen-bond acceptors (Lipinski definition) is 6. The van der Waals surface area contributed by atoms with Crippen LogP contribution in [0.25, 0.3) is 0 Å². The topological polar surface area (TPSA) is 90.2 Å². The normalized spacial score (nSPS) is 26.5. The molecule has 2 aromatic rings. The monoisotopic (exact) mass is 452 g/mol. The van der Waals surface area contributed by atoms with E-state index in [2.05, 4.69) is 31.2 Å². The molecule has 0 unspecified atom stereocenters. The Balaban J connectivity index is 1.77. The molecule has 0 amide bonds. The summed E-state index contributed by atoms with van der Waals surface area (Å²) in [6.07, 6.45) is 0.117. The van der Waals surface area contributed by atoms with Crippen molar-refractivity contribution >= 4 is 23.4 Å². The first-order chi connectivity index (χ1) is 14.4. The summed E-state index contributed by atoms with van der Waals surface area (Å²) in [4.78, 5) is 0. The lowest BCUT2D eigenvalue weighted by molar-refractivity contribution is -0.0910. The van der Waals surface area contributed by atoms with Gasteiger partial charge in [-0.05, 0) is 42.2 Å². The van der Waals surface area contributed by atoms with E-state index in [9.17, 15) is 20.4 Å². The quantitative estimate of drug-likeness (QED) is 0.492. The zero-order valence-corrected chi connectivity index (χ0v) is 18.5. The van der Waals surface area contributed by atoms with Crippen molar-refractivity contribution in [2.75, 3.05) is 6.61 Å². The van der Waals surface area contributed by atoms with Gasteiger partial charge in [-0.2, -0.15) is 0 Å². The van der Waals surface area contributed by atoms with Gasteiger partial charge in [0.25, 0.3) is 0 Å². The number of aryl methyl sites for hydroxylation is 1. The molecule has 5 nitrogen and oxygen atoms in total. The Morgan fingerprint density at radius 2 is 1.67 bits per heavy atom. The van der Waals surface area contributed by atoms with Gasteiger partial charge in [0.05, 0.1) is 18.0 Å². The number of thioether (sulfide) groups is 1. The minimum atomic E-state index is -1.39. The SMILES string of the molecule is CCCCc1ccc(Cc2cc(Cl)ccc2O[C@@H]2S[C@H](CO)[C@@H](O)[C@H](O)[C@H]2O)cc1. The van der Waals surface area contributed by atoms with E-state index in [1.165, 1.54) is 18.4 Å². The number of halogens is 1. The van der Waals surface area contributed by atoms with E-state index in [1.807, 2.05) is 6.07 Å². The minimum absolute atomic E-state index is 0.326. The third-order valence-corrected chi connectivity index (χ3v) is 7.01. The maximum atomic E-state index is 10.4. The van der Waals surface area contributed by atoms with Crippen LogP contribution in [0, 0.1) is 0 Å². The zero-order valence-electron chi connectivity index (χ0n) is 16.9. The fraction of sp³-hybridized carbons (Fsp3) is 0.478.